The van der Waals surface area contributed by atoms with Gasteiger partial charge in [-0.2, -0.15) is 0 Å². The van der Waals surface area contributed by atoms with E-state index in [-0.39, 0.29) is 6.42 Å². The van der Waals surface area contributed by atoms with Gasteiger partial charge in [0, 0.05) is 18.0 Å². The Morgan fingerprint density at radius 2 is 1.93 bits per heavy atom. The maximum Gasteiger partial charge on any atom is 0.104 e. The highest BCUT2D eigenvalue weighted by atomic mass is 35.5. The SMILES string of the molecule is O=C([O-])CC[NH2+]Cc1c(Cl)cccc1Cl. The molecule has 0 saturated carbocycles. The summed E-state index contributed by atoms with van der Waals surface area (Å²) in [6, 6.07) is 5.29. The van der Waals surface area contributed by atoms with Gasteiger partial charge >= 0.3 is 0 Å². The average molecular weight is 248 g/mol. The summed E-state index contributed by atoms with van der Waals surface area (Å²) in [5.41, 5.74) is 0.833. The van der Waals surface area contributed by atoms with E-state index in [1.807, 2.05) is 5.32 Å². The molecule has 0 atom stereocenters. The Hall–Kier alpha value is -0.770. The fourth-order valence-corrected chi connectivity index (χ4v) is 1.75. The Balaban J connectivity index is 2.47. The van der Waals surface area contributed by atoms with Crippen LogP contribution in [0.1, 0.15) is 12.0 Å². The van der Waals surface area contributed by atoms with Crippen LogP contribution in [0, 0.1) is 0 Å². The molecule has 0 aliphatic heterocycles. The maximum atomic E-state index is 10.2. The molecule has 82 valence electrons. The van der Waals surface area contributed by atoms with Gasteiger partial charge in [-0.25, -0.2) is 0 Å². The summed E-state index contributed by atoms with van der Waals surface area (Å²) >= 11 is 11.9. The summed E-state index contributed by atoms with van der Waals surface area (Å²) in [7, 11) is 0. The van der Waals surface area contributed by atoms with Crippen LogP contribution in [0.15, 0.2) is 18.2 Å². The van der Waals surface area contributed by atoms with E-state index >= 15 is 0 Å². The smallest absolute Gasteiger partial charge is 0.104 e. The molecule has 1 aromatic carbocycles. The minimum Gasteiger partial charge on any atom is -0.550 e. The van der Waals surface area contributed by atoms with Crippen LogP contribution in [0.2, 0.25) is 10.0 Å². The molecule has 0 aliphatic carbocycles. The van der Waals surface area contributed by atoms with Crippen LogP contribution in [0.4, 0.5) is 0 Å². The summed E-state index contributed by atoms with van der Waals surface area (Å²) in [5.74, 6) is -1.04. The summed E-state index contributed by atoms with van der Waals surface area (Å²) in [4.78, 5) is 10.2. The van der Waals surface area contributed by atoms with Gasteiger partial charge in [0.15, 0.2) is 0 Å². The monoisotopic (exact) mass is 247 g/mol. The van der Waals surface area contributed by atoms with E-state index in [2.05, 4.69) is 0 Å². The molecule has 0 amide bonds. The van der Waals surface area contributed by atoms with E-state index in [0.717, 1.165) is 5.56 Å². The van der Waals surface area contributed by atoms with Crippen LogP contribution in [-0.4, -0.2) is 12.5 Å². The van der Waals surface area contributed by atoms with Crippen LogP contribution in [0.5, 0.6) is 0 Å². The molecule has 0 fully saturated rings. The minimum absolute atomic E-state index is 0.0298. The number of halogens is 2. The van der Waals surface area contributed by atoms with Gasteiger partial charge in [-0.1, -0.05) is 29.3 Å². The Kier molecular flexibility index (Phi) is 4.88. The van der Waals surface area contributed by atoms with Crippen molar-refractivity contribution in [2.45, 2.75) is 13.0 Å². The van der Waals surface area contributed by atoms with Crippen LogP contribution in [-0.2, 0) is 11.3 Å². The number of carboxylic acid groups (broad SMARTS) is 1. The first-order valence-electron chi connectivity index (χ1n) is 4.55. The Bertz CT molecular complexity index is 335. The molecular weight excluding hydrogens is 237 g/mol. The number of nitrogens with two attached hydrogens (primary N) is 1. The fourth-order valence-electron chi connectivity index (χ4n) is 1.19. The topological polar surface area (TPSA) is 56.7 Å². The van der Waals surface area contributed by atoms with Gasteiger partial charge in [-0.3, -0.25) is 0 Å². The molecule has 0 saturated heterocycles. The van der Waals surface area contributed by atoms with Crippen molar-refractivity contribution in [3.8, 4) is 0 Å². The highest BCUT2D eigenvalue weighted by Crippen LogP contribution is 2.22. The van der Waals surface area contributed by atoms with Gasteiger partial charge in [0.25, 0.3) is 0 Å². The molecule has 0 spiro atoms. The predicted molar refractivity (Wildman–Crippen MR) is 56.6 cm³/mol. The quantitative estimate of drug-likeness (QED) is 0.756. The van der Waals surface area contributed by atoms with Crippen molar-refractivity contribution in [2.75, 3.05) is 6.54 Å². The lowest BCUT2D eigenvalue weighted by Crippen LogP contribution is -2.83. The Labute approximate surface area is 98.0 Å². The van der Waals surface area contributed by atoms with Crippen molar-refractivity contribution in [2.24, 2.45) is 0 Å². The van der Waals surface area contributed by atoms with E-state index in [1.54, 1.807) is 18.2 Å². The third-order valence-electron chi connectivity index (χ3n) is 1.96. The lowest BCUT2D eigenvalue weighted by molar-refractivity contribution is -0.670. The number of benzene rings is 1. The first-order chi connectivity index (χ1) is 7.11. The molecule has 5 heteroatoms. The maximum absolute atomic E-state index is 10.2. The molecule has 0 bridgehead atoms. The first kappa shape index (κ1) is 12.3. The first-order valence-corrected chi connectivity index (χ1v) is 5.31. The second-order valence-corrected chi connectivity index (χ2v) is 3.92. The van der Waals surface area contributed by atoms with Crippen LogP contribution in [0.3, 0.4) is 0 Å². The van der Waals surface area contributed by atoms with Gasteiger partial charge in [0.1, 0.15) is 6.54 Å². The minimum atomic E-state index is -1.04. The molecule has 0 aromatic heterocycles. The summed E-state index contributed by atoms with van der Waals surface area (Å²) < 4.78 is 0. The average Bonchev–Trinajstić information content (AvgIpc) is 2.15. The molecule has 2 N–H and O–H groups in total. The van der Waals surface area contributed by atoms with Crippen LogP contribution >= 0.6 is 23.2 Å². The molecule has 1 aromatic rings. The number of aliphatic carboxylic acids is 1. The van der Waals surface area contributed by atoms with Crippen LogP contribution in [0.25, 0.3) is 0 Å². The third kappa shape index (κ3) is 4.08. The van der Waals surface area contributed by atoms with Gasteiger partial charge in [0.05, 0.1) is 16.6 Å². The van der Waals surface area contributed by atoms with E-state index in [4.69, 9.17) is 23.2 Å². The van der Waals surface area contributed by atoms with E-state index < -0.39 is 5.97 Å². The third-order valence-corrected chi connectivity index (χ3v) is 2.67. The highest BCUT2D eigenvalue weighted by Gasteiger charge is 2.06. The van der Waals surface area contributed by atoms with E-state index in [9.17, 15) is 9.90 Å². The summed E-state index contributed by atoms with van der Waals surface area (Å²) in [5, 5.41) is 13.2. The number of hydrogen-bond donors (Lipinski definition) is 1. The molecule has 0 aliphatic rings. The second kappa shape index (κ2) is 5.95. The zero-order chi connectivity index (χ0) is 11.3. The van der Waals surface area contributed by atoms with Crippen molar-refractivity contribution in [1.29, 1.82) is 0 Å². The Morgan fingerprint density at radius 1 is 1.33 bits per heavy atom. The number of hydrogen-bond acceptors (Lipinski definition) is 2. The fraction of sp³-hybridized carbons (Fsp3) is 0.300. The highest BCUT2D eigenvalue weighted by molar-refractivity contribution is 6.35. The molecule has 1 rings (SSSR count). The van der Waals surface area contributed by atoms with Gasteiger partial charge in [-0.15, -0.1) is 0 Å². The Morgan fingerprint density at radius 3 is 2.47 bits per heavy atom. The van der Waals surface area contributed by atoms with Crippen molar-refractivity contribution in [3.63, 3.8) is 0 Å². The molecular formula is C10H11Cl2NO2. The van der Waals surface area contributed by atoms with Gasteiger partial charge in [-0.05, 0) is 12.1 Å². The molecule has 0 radical (unpaired) electrons. The lowest BCUT2D eigenvalue weighted by atomic mass is 10.2. The summed E-state index contributed by atoms with van der Waals surface area (Å²) in [6.07, 6.45) is 0.0298. The van der Waals surface area contributed by atoms with Gasteiger partial charge in [0.2, 0.25) is 0 Å². The van der Waals surface area contributed by atoms with Crippen molar-refractivity contribution in [3.05, 3.63) is 33.8 Å². The lowest BCUT2D eigenvalue weighted by Gasteiger charge is -2.06. The van der Waals surface area contributed by atoms with E-state index in [0.29, 0.717) is 23.1 Å². The van der Waals surface area contributed by atoms with E-state index in [1.165, 1.54) is 0 Å². The van der Waals surface area contributed by atoms with Crippen LogP contribution < -0.4 is 10.4 Å². The largest absolute Gasteiger partial charge is 0.550 e. The number of quaternary nitrogens is 1. The zero-order valence-corrected chi connectivity index (χ0v) is 9.52. The van der Waals surface area contributed by atoms with Crippen molar-refractivity contribution >= 4 is 29.2 Å². The molecule has 0 unspecified atom stereocenters. The number of carbonyl (C=O) groups is 1. The van der Waals surface area contributed by atoms with Gasteiger partial charge < -0.3 is 15.2 Å². The molecule has 0 heterocycles. The predicted octanol–water partition coefficient (Wildman–Crippen LogP) is 0.197. The van der Waals surface area contributed by atoms with Crippen molar-refractivity contribution in [1.82, 2.24) is 0 Å². The summed E-state index contributed by atoms with van der Waals surface area (Å²) in [6.45, 7) is 1.04. The molecule has 15 heavy (non-hydrogen) atoms. The number of rotatable bonds is 5. The normalized spacial score (nSPS) is 10.3. The molecule has 3 nitrogen and oxygen atoms in total. The number of carboxylic acids is 1. The standard InChI is InChI=1S/C10H11Cl2NO2/c11-8-2-1-3-9(12)7(8)6-13-5-4-10(14)15/h1-3,13H,4-6H2,(H,14,15). The number of carbonyl (C=O) groups excluding carboxylic acids is 1. The second-order valence-electron chi connectivity index (χ2n) is 3.10. The zero-order valence-electron chi connectivity index (χ0n) is 8.00. The van der Waals surface area contributed by atoms with Crippen molar-refractivity contribution < 1.29 is 15.2 Å².